The third-order valence-electron chi connectivity index (χ3n) is 2.45. The molecule has 74 valence electrons. The predicted molar refractivity (Wildman–Crippen MR) is 52.1 cm³/mol. The van der Waals surface area contributed by atoms with E-state index in [4.69, 9.17) is 0 Å². The summed E-state index contributed by atoms with van der Waals surface area (Å²) < 4.78 is 12.8. The van der Waals surface area contributed by atoms with E-state index in [1.54, 1.807) is 12.1 Å². The summed E-state index contributed by atoms with van der Waals surface area (Å²) in [7, 11) is 0. The molecule has 2 nitrogen and oxygen atoms in total. The van der Waals surface area contributed by atoms with Crippen LogP contribution in [0.1, 0.15) is 16.8 Å². The van der Waals surface area contributed by atoms with Crippen LogP contribution in [0.2, 0.25) is 0 Å². The van der Waals surface area contributed by atoms with E-state index in [1.165, 1.54) is 0 Å². The Kier molecular flexibility index (Phi) is 2.59. The number of ketones is 1. The number of Topliss-reactive ketones (excluding diaryl/α,β-unsaturated/α-hetero) is 1. The van der Waals surface area contributed by atoms with Crippen LogP contribution in [-0.2, 0) is 0 Å². The minimum Gasteiger partial charge on any atom is -0.304 e. The van der Waals surface area contributed by atoms with Gasteiger partial charge in [0.25, 0.3) is 0 Å². The van der Waals surface area contributed by atoms with E-state index in [-0.39, 0.29) is 11.8 Å². The number of hydrogen-bond donors (Lipinski definition) is 1. The molecule has 1 aromatic carbocycles. The lowest BCUT2D eigenvalue weighted by Crippen LogP contribution is -2.30. The number of carbonyl (C=O) groups is 1. The van der Waals surface area contributed by atoms with Crippen molar-refractivity contribution in [2.45, 2.75) is 18.6 Å². The van der Waals surface area contributed by atoms with E-state index in [0.717, 1.165) is 0 Å². The molecular weight excluding hydrogens is 181 g/mol. The number of benzene rings is 1. The quantitative estimate of drug-likeness (QED) is 0.722. The molecule has 2 unspecified atom stereocenters. The third kappa shape index (κ3) is 1.82. The van der Waals surface area contributed by atoms with Crippen molar-refractivity contribution in [3.05, 3.63) is 35.9 Å². The summed E-state index contributed by atoms with van der Waals surface area (Å²) >= 11 is 0. The molecule has 1 aliphatic heterocycles. The minimum atomic E-state index is -0.882. The fraction of sp³-hybridized carbons (Fsp3) is 0.364. The second kappa shape index (κ2) is 3.88. The van der Waals surface area contributed by atoms with E-state index in [1.807, 2.05) is 18.2 Å². The SMILES string of the molecule is O=C(c1ccccc1)C1CC(F)CN1. The zero-order valence-corrected chi connectivity index (χ0v) is 7.74. The molecule has 0 bridgehead atoms. The first kappa shape index (κ1) is 9.34. The summed E-state index contributed by atoms with van der Waals surface area (Å²) in [5, 5.41) is 2.88. The maximum Gasteiger partial charge on any atom is 0.179 e. The van der Waals surface area contributed by atoms with Gasteiger partial charge in [-0.25, -0.2) is 4.39 Å². The van der Waals surface area contributed by atoms with Crippen LogP contribution in [0, 0.1) is 0 Å². The number of carbonyl (C=O) groups excluding carboxylic acids is 1. The van der Waals surface area contributed by atoms with Gasteiger partial charge in [-0.05, 0) is 0 Å². The fourth-order valence-electron chi connectivity index (χ4n) is 1.70. The zero-order chi connectivity index (χ0) is 9.97. The van der Waals surface area contributed by atoms with Gasteiger partial charge in [-0.1, -0.05) is 30.3 Å². The third-order valence-corrected chi connectivity index (χ3v) is 2.45. The number of hydrogen-bond acceptors (Lipinski definition) is 2. The summed E-state index contributed by atoms with van der Waals surface area (Å²) in [6, 6.07) is 8.67. The lowest BCUT2D eigenvalue weighted by molar-refractivity contribution is 0.0949. The van der Waals surface area contributed by atoms with Crippen LogP contribution in [0.4, 0.5) is 4.39 Å². The van der Waals surface area contributed by atoms with Crippen LogP contribution in [0.5, 0.6) is 0 Å². The summed E-state index contributed by atoms with van der Waals surface area (Å²) in [5.74, 6) is -0.00856. The molecule has 0 amide bonds. The standard InChI is InChI=1S/C11H12FNO/c12-9-6-10(13-7-9)11(14)8-4-2-1-3-5-8/h1-5,9-10,13H,6-7H2. The van der Waals surface area contributed by atoms with Gasteiger partial charge in [-0.2, -0.15) is 0 Å². The molecule has 1 aliphatic rings. The monoisotopic (exact) mass is 193 g/mol. The van der Waals surface area contributed by atoms with Gasteiger partial charge in [0, 0.05) is 18.5 Å². The van der Waals surface area contributed by atoms with Gasteiger partial charge in [-0.15, -0.1) is 0 Å². The Morgan fingerprint density at radius 3 is 2.64 bits per heavy atom. The predicted octanol–water partition coefficient (Wildman–Crippen LogP) is 1.57. The molecule has 1 aromatic rings. The minimum absolute atomic E-state index is 0.00856. The smallest absolute Gasteiger partial charge is 0.179 e. The molecule has 0 spiro atoms. The Labute approximate surface area is 82.1 Å². The first-order chi connectivity index (χ1) is 6.77. The summed E-state index contributed by atoms with van der Waals surface area (Å²) in [5.41, 5.74) is 0.652. The molecule has 14 heavy (non-hydrogen) atoms. The van der Waals surface area contributed by atoms with E-state index < -0.39 is 6.17 Å². The molecular formula is C11H12FNO. The van der Waals surface area contributed by atoms with E-state index in [9.17, 15) is 9.18 Å². The second-order valence-electron chi connectivity index (χ2n) is 3.52. The lowest BCUT2D eigenvalue weighted by atomic mass is 10.0. The van der Waals surface area contributed by atoms with Gasteiger partial charge in [0.2, 0.25) is 0 Å². The van der Waals surface area contributed by atoms with Crippen molar-refractivity contribution < 1.29 is 9.18 Å². The van der Waals surface area contributed by atoms with Gasteiger partial charge in [-0.3, -0.25) is 4.79 Å². The van der Waals surface area contributed by atoms with Gasteiger partial charge in [0.15, 0.2) is 5.78 Å². The lowest BCUT2D eigenvalue weighted by Gasteiger charge is -2.07. The molecule has 2 atom stereocenters. The van der Waals surface area contributed by atoms with E-state index in [0.29, 0.717) is 18.5 Å². The first-order valence-electron chi connectivity index (χ1n) is 4.74. The Morgan fingerprint density at radius 2 is 2.07 bits per heavy atom. The number of halogens is 1. The van der Waals surface area contributed by atoms with Crippen LogP contribution in [-0.4, -0.2) is 24.5 Å². The van der Waals surface area contributed by atoms with Crippen molar-refractivity contribution >= 4 is 5.78 Å². The summed E-state index contributed by atoms with van der Waals surface area (Å²) in [6.07, 6.45) is -0.582. The maximum absolute atomic E-state index is 12.8. The highest BCUT2D eigenvalue weighted by molar-refractivity contribution is 6.00. The molecule has 1 saturated heterocycles. The highest BCUT2D eigenvalue weighted by atomic mass is 19.1. The molecule has 3 heteroatoms. The molecule has 0 aliphatic carbocycles. The van der Waals surface area contributed by atoms with Crippen molar-refractivity contribution in [2.24, 2.45) is 0 Å². The fourth-order valence-corrected chi connectivity index (χ4v) is 1.70. The highest BCUT2D eigenvalue weighted by Crippen LogP contribution is 2.14. The van der Waals surface area contributed by atoms with Crippen molar-refractivity contribution in [1.82, 2.24) is 5.32 Å². The van der Waals surface area contributed by atoms with Crippen molar-refractivity contribution in [3.63, 3.8) is 0 Å². The van der Waals surface area contributed by atoms with Gasteiger partial charge in [0.05, 0.1) is 6.04 Å². The molecule has 1 fully saturated rings. The number of rotatable bonds is 2. The Hall–Kier alpha value is -1.22. The zero-order valence-electron chi connectivity index (χ0n) is 7.74. The summed E-state index contributed by atoms with van der Waals surface area (Å²) in [4.78, 5) is 11.8. The van der Waals surface area contributed by atoms with Crippen molar-refractivity contribution in [1.29, 1.82) is 0 Å². The first-order valence-corrected chi connectivity index (χ1v) is 4.74. The van der Waals surface area contributed by atoms with Gasteiger partial charge in [0.1, 0.15) is 6.17 Å². The topological polar surface area (TPSA) is 29.1 Å². The van der Waals surface area contributed by atoms with E-state index in [2.05, 4.69) is 5.32 Å². The average Bonchev–Trinajstić information content (AvgIpc) is 2.65. The van der Waals surface area contributed by atoms with Crippen LogP contribution >= 0.6 is 0 Å². The maximum atomic E-state index is 12.8. The molecule has 0 saturated carbocycles. The average molecular weight is 193 g/mol. The normalized spacial score (nSPS) is 26.4. The Bertz CT molecular complexity index is 325. The van der Waals surface area contributed by atoms with E-state index >= 15 is 0 Å². The van der Waals surface area contributed by atoms with Crippen molar-refractivity contribution in [2.75, 3.05) is 6.54 Å². The molecule has 1 N–H and O–H groups in total. The van der Waals surface area contributed by atoms with Gasteiger partial charge < -0.3 is 5.32 Å². The number of nitrogens with one attached hydrogen (secondary N) is 1. The Morgan fingerprint density at radius 1 is 1.36 bits per heavy atom. The Balaban J connectivity index is 2.10. The van der Waals surface area contributed by atoms with Crippen molar-refractivity contribution in [3.8, 4) is 0 Å². The van der Waals surface area contributed by atoms with Crippen LogP contribution in [0.3, 0.4) is 0 Å². The number of alkyl halides is 1. The largest absolute Gasteiger partial charge is 0.304 e. The molecule has 0 aromatic heterocycles. The molecule has 0 radical (unpaired) electrons. The molecule has 2 rings (SSSR count). The van der Waals surface area contributed by atoms with Gasteiger partial charge >= 0.3 is 0 Å². The molecule has 1 heterocycles. The highest BCUT2D eigenvalue weighted by Gasteiger charge is 2.29. The summed E-state index contributed by atoms with van der Waals surface area (Å²) in [6.45, 7) is 0.295. The van der Waals surface area contributed by atoms with Crippen LogP contribution in [0.15, 0.2) is 30.3 Å². The van der Waals surface area contributed by atoms with Crippen LogP contribution in [0.25, 0.3) is 0 Å². The second-order valence-corrected chi connectivity index (χ2v) is 3.52. The van der Waals surface area contributed by atoms with Crippen LogP contribution < -0.4 is 5.32 Å².